The Morgan fingerprint density at radius 3 is 2.88 bits per heavy atom. The molecule has 1 fully saturated rings. The van der Waals surface area contributed by atoms with Gasteiger partial charge in [0.25, 0.3) is 0 Å². The first-order valence-electron chi connectivity index (χ1n) is 6.10. The fourth-order valence-electron chi connectivity index (χ4n) is 2.46. The number of hydrogen-bond donors (Lipinski definition) is 1. The number of rotatable bonds is 3. The summed E-state index contributed by atoms with van der Waals surface area (Å²) in [6, 6.07) is 0. The SMILES string of the molecule is Cn1cc(NC(=O)CCl)c(C2CCCCC2)n1. The van der Waals surface area contributed by atoms with E-state index in [0.717, 1.165) is 11.4 Å². The zero-order valence-corrected chi connectivity index (χ0v) is 10.8. The Morgan fingerprint density at radius 1 is 1.53 bits per heavy atom. The van der Waals surface area contributed by atoms with Crippen molar-refractivity contribution in [1.82, 2.24) is 9.78 Å². The van der Waals surface area contributed by atoms with Crippen LogP contribution in [0.15, 0.2) is 6.20 Å². The van der Waals surface area contributed by atoms with Gasteiger partial charge in [0.2, 0.25) is 5.91 Å². The van der Waals surface area contributed by atoms with Crippen LogP contribution in [0.3, 0.4) is 0 Å². The summed E-state index contributed by atoms with van der Waals surface area (Å²) in [6.45, 7) is 0. The highest BCUT2D eigenvalue weighted by atomic mass is 35.5. The number of aromatic nitrogens is 2. The molecule has 1 saturated carbocycles. The van der Waals surface area contributed by atoms with Crippen molar-refractivity contribution in [1.29, 1.82) is 0 Å². The third kappa shape index (κ3) is 3.00. The van der Waals surface area contributed by atoms with Gasteiger partial charge >= 0.3 is 0 Å². The molecular formula is C12H18ClN3O. The lowest BCUT2D eigenvalue weighted by Gasteiger charge is -2.20. The van der Waals surface area contributed by atoms with Gasteiger partial charge in [0.05, 0.1) is 11.4 Å². The van der Waals surface area contributed by atoms with Crippen LogP contribution in [0.5, 0.6) is 0 Å². The molecular weight excluding hydrogens is 238 g/mol. The van der Waals surface area contributed by atoms with Crippen LogP contribution in [0.1, 0.15) is 43.7 Å². The maximum atomic E-state index is 11.3. The zero-order valence-electron chi connectivity index (χ0n) is 10.1. The van der Waals surface area contributed by atoms with Gasteiger partial charge in [-0.2, -0.15) is 5.10 Å². The van der Waals surface area contributed by atoms with Crippen LogP contribution in [0.4, 0.5) is 5.69 Å². The van der Waals surface area contributed by atoms with E-state index in [1.54, 1.807) is 4.68 Å². The summed E-state index contributed by atoms with van der Waals surface area (Å²) >= 11 is 5.51. The van der Waals surface area contributed by atoms with Crippen molar-refractivity contribution in [2.75, 3.05) is 11.2 Å². The summed E-state index contributed by atoms with van der Waals surface area (Å²) in [5.41, 5.74) is 1.84. The van der Waals surface area contributed by atoms with E-state index in [-0.39, 0.29) is 11.8 Å². The minimum atomic E-state index is -0.170. The van der Waals surface area contributed by atoms with Gasteiger partial charge < -0.3 is 5.32 Å². The molecule has 0 spiro atoms. The first-order valence-corrected chi connectivity index (χ1v) is 6.63. The van der Waals surface area contributed by atoms with Gasteiger partial charge in [0, 0.05) is 19.2 Å². The third-order valence-electron chi connectivity index (χ3n) is 3.24. The second-order valence-electron chi connectivity index (χ2n) is 4.62. The van der Waals surface area contributed by atoms with Crippen molar-refractivity contribution >= 4 is 23.2 Å². The van der Waals surface area contributed by atoms with Crippen LogP contribution >= 0.6 is 11.6 Å². The molecule has 94 valence electrons. The number of amides is 1. The molecule has 0 aromatic carbocycles. The van der Waals surface area contributed by atoms with E-state index in [1.807, 2.05) is 13.2 Å². The Labute approximate surface area is 106 Å². The van der Waals surface area contributed by atoms with Crippen molar-refractivity contribution in [2.24, 2.45) is 7.05 Å². The predicted octanol–water partition coefficient (Wildman–Crippen LogP) is 2.65. The average molecular weight is 256 g/mol. The van der Waals surface area contributed by atoms with Crippen molar-refractivity contribution in [2.45, 2.75) is 38.0 Å². The minimum absolute atomic E-state index is 0.0149. The summed E-state index contributed by atoms with van der Waals surface area (Å²) < 4.78 is 1.76. The van der Waals surface area contributed by atoms with E-state index in [2.05, 4.69) is 10.4 Å². The van der Waals surface area contributed by atoms with Crippen LogP contribution in [0, 0.1) is 0 Å². The second kappa shape index (κ2) is 5.54. The summed E-state index contributed by atoms with van der Waals surface area (Å²) in [4.78, 5) is 11.3. The molecule has 1 aliphatic carbocycles. The number of halogens is 1. The highest BCUT2D eigenvalue weighted by molar-refractivity contribution is 6.29. The molecule has 1 heterocycles. The van der Waals surface area contributed by atoms with Crippen molar-refractivity contribution in [3.05, 3.63) is 11.9 Å². The number of aryl methyl sites for hydroxylation is 1. The lowest BCUT2D eigenvalue weighted by atomic mass is 9.86. The summed E-state index contributed by atoms with van der Waals surface area (Å²) in [6.07, 6.45) is 8.01. The van der Waals surface area contributed by atoms with Gasteiger partial charge in [-0.25, -0.2) is 0 Å². The molecule has 1 aromatic rings. The predicted molar refractivity (Wildman–Crippen MR) is 68.4 cm³/mol. The van der Waals surface area contributed by atoms with Crippen LogP contribution in [-0.4, -0.2) is 21.6 Å². The molecule has 0 radical (unpaired) electrons. The Bertz CT molecular complexity index is 396. The largest absolute Gasteiger partial charge is 0.322 e. The van der Waals surface area contributed by atoms with E-state index in [1.165, 1.54) is 32.1 Å². The number of nitrogens with zero attached hydrogens (tertiary/aromatic N) is 2. The zero-order chi connectivity index (χ0) is 12.3. The third-order valence-corrected chi connectivity index (χ3v) is 3.49. The summed E-state index contributed by atoms with van der Waals surface area (Å²) in [5.74, 6) is 0.297. The highest BCUT2D eigenvalue weighted by Gasteiger charge is 2.22. The quantitative estimate of drug-likeness (QED) is 0.844. The first kappa shape index (κ1) is 12.4. The molecule has 4 nitrogen and oxygen atoms in total. The molecule has 1 amide bonds. The molecule has 1 aromatic heterocycles. The van der Waals surface area contributed by atoms with Crippen LogP contribution in [-0.2, 0) is 11.8 Å². The molecule has 0 saturated heterocycles. The first-order chi connectivity index (χ1) is 8.20. The standard InChI is InChI=1S/C12H18ClN3O/c1-16-8-10(14-11(17)7-13)12(15-16)9-5-3-2-4-6-9/h8-9H,2-7H2,1H3,(H,14,17). The van der Waals surface area contributed by atoms with Crippen molar-refractivity contribution in [3.63, 3.8) is 0 Å². The molecule has 1 N–H and O–H groups in total. The summed E-state index contributed by atoms with van der Waals surface area (Å²) in [5, 5.41) is 7.30. The fourth-order valence-corrected chi connectivity index (χ4v) is 2.53. The number of carbonyl (C=O) groups excluding carboxylic acids is 1. The minimum Gasteiger partial charge on any atom is -0.322 e. The maximum Gasteiger partial charge on any atom is 0.239 e. The molecule has 0 aliphatic heterocycles. The fraction of sp³-hybridized carbons (Fsp3) is 0.667. The molecule has 17 heavy (non-hydrogen) atoms. The molecule has 1 aliphatic rings. The van der Waals surface area contributed by atoms with Gasteiger partial charge in [0.1, 0.15) is 5.88 Å². The van der Waals surface area contributed by atoms with Crippen molar-refractivity contribution in [3.8, 4) is 0 Å². The monoisotopic (exact) mass is 255 g/mol. The number of carbonyl (C=O) groups is 1. The average Bonchev–Trinajstić information content (AvgIpc) is 2.71. The molecule has 0 unspecified atom stereocenters. The number of anilines is 1. The van der Waals surface area contributed by atoms with Crippen molar-refractivity contribution < 1.29 is 4.79 Å². The second-order valence-corrected chi connectivity index (χ2v) is 4.89. The Balaban J connectivity index is 2.17. The number of hydrogen-bond acceptors (Lipinski definition) is 2. The maximum absolute atomic E-state index is 11.3. The van der Waals surface area contributed by atoms with Crippen LogP contribution < -0.4 is 5.32 Å². The molecule has 5 heteroatoms. The van der Waals surface area contributed by atoms with Gasteiger partial charge in [0.15, 0.2) is 0 Å². The normalized spacial score (nSPS) is 17.1. The Kier molecular flexibility index (Phi) is 4.05. The van der Waals surface area contributed by atoms with Gasteiger partial charge in [-0.1, -0.05) is 19.3 Å². The van der Waals surface area contributed by atoms with Gasteiger partial charge in [-0.15, -0.1) is 11.6 Å². The Morgan fingerprint density at radius 2 is 2.24 bits per heavy atom. The van der Waals surface area contributed by atoms with E-state index < -0.39 is 0 Å². The lowest BCUT2D eigenvalue weighted by Crippen LogP contribution is -2.15. The van der Waals surface area contributed by atoms with Crippen LogP contribution in [0.25, 0.3) is 0 Å². The van der Waals surface area contributed by atoms with E-state index in [9.17, 15) is 4.79 Å². The lowest BCUT2D eigenvalue weighted by molar-refractivity contribution is -0.113. The topological polar surface area (TPSA) is 46.9 Å². The van der Waals surface area contributed by atoms with E-state index in [4.69, 9.17) is 11.6 Å². The van der Waals surface area contributed by atoms with E-state index in [0.29, 0.717) is 5.92 Å². The smallest absolute Gasteiger partial charge is 0.239 e. The summed E-state index contributed by atoms with van der Waals surface area (Å²) in [7, 11) is 1.88. The van der Waals surface area contributed by atoms with Gasteiger partial charge in [-0.3, -0.25) is 9.48 Å². The highest BCUT2D eigenvalue weighted by Crippen LogP contribution is 2.35. The van der Waals surface area contributed by atoms with Gasteiger partial charge in [-0.05, 0) is 12.8 Å². The molecule has 0 atom stereocenters. The molecule has 0 bridgehead atoms. The molecule has 2 rings (SSSR count). The Hall–Kier alpha value is -1.03. The van der Waals surface area contributed by atoms with E-state index >= 15 is 0 Å². The number of alkyl halides is 1. The number of nitrogens with one attached hydrogen (secondary N) is 1. The van der Waals surface area contributed by atoms with Crippen LogP contribution in [0.2, 0.25) is 0 Å².